The maximum absolute atomic E-state index is 11.4. The van der Waals surface area contributed by atoms with Crippen molar-refractivity contribution in [3.8, 4) is 0 Å². The monoisotopic (exact) mass is 198 g/mol. The molecular weight excluding hydrogens is 184 g/mol. The zero-order valence-electron chi connectivity index (χ0n) is 8.61. The fourth-order valence-electron chi connectivity index (χ4n) is 1.09. The topological polar surface area (TPSA) is 59.0 Å². The van der Waals surface area contributed by atoms with Crippen LogP contribution in [0.15, 0.2) is 4.99 Å². The van der Waals surface area contributed by atoms with Gasteiger partial charge in [-0.3, -0.25) is 0 Å². The molecule has 0 spiro atoms. The van der Waals surface area contributed by atoms with Crippen molar-refractivity contribution in [2.24, 2.45) is 4.99 Å². The number of rotatable bonds is 1. The molecule has 5 heteroatoms. The van der Waals surface area contributed by atoms with E-state index < -0.39 is 5.60 Å². The first-order valence-corrected chi connectivity index (χ1v) is 4.47. The third-order valence-electron chi connectivity index (χ3n) is 1.75. The minimum atomic E-state index is -0.476. The summed E-state index contributed by atoms with van der Waals surface area (Å²) in [4.78, 5) is 26.3. The van der Waals surface area contributed by atoms with Gasteiger partial charge in [0.15, 0.2) is 0 Å². The number of likely N-dealkylation sites (tertiary alicyclic amines) is 1. The molecule has 0 N–H and O–H groups in total. The van der Waals surface area contributed by atoms with Gasteiger partial charge >= 0.3 is 6.09 Å². The van der Waals surface area contributed by atoms with Gasteiger partial charge in [0, 0.05) is 13.1 Å². The third kappa shape index (κ3) is 2.85. The molecule has 14 heavy (non-hydrogen) atoms. The maximum Gasteiger partial charge on any atom is 0.410 e. The van der Waals surface area contributed by atoms with Gasteiger partial charge in [0.2, 0.25) is 6.08 Å². The van der Waals surface area contributed by atoms with E-state index in [1.165, 1.54) is 11.0 Å². The molecular formula is C9H14N2O3. The number of hydrogen-bond acceptors (Lipinski definition) is 4. The molecule has 1 heterocycles. The molecule has 1 saturated heterocycles. The highest BCUT2D eigenvalue weighted by Crippen LogP contribution is 2.16. The molecule has 1 amide bonds. The van der Waals surface area contributed by atoms with Gasteiger partial charge in [-0.25, -0.2) is 9.59 Å². The van der Waals surface area contributed by atoms with Gasteiger partial charge in [-0.1, -0.05) is 0 Å². The van der Waals surface area contributed by atoms with E-state index in [-0.39, 0.29) is 12.1 Å². The summed E-state index contributed by atoms with van der Waals surface area (Å²) < 4.78 is 5.11. The predicted octanol–water partition coefficient (Wildman–Crippen LogP) is 0.942. The van der Waals surface area contributed by atoms with E-state index >= 15 is 0 Å². The Hall–Kier alpha value is -1.35. The average molecular weight is 198 g/mol. The lowest BCUT2D eigenvalue weighted by Gasteiger charge is -2.36. The molecule has 78 valence electrons. The van der Waals surface area contributed by atoms with Crippen LogP contribution in [0.3, 0.4) is 0 Å². The van der Waals surface area contributed by atoms with Gasteiger partial charge < -0.3 is 9.64 Å². The maximum atomic E-state index is 11.4. The van der Waals surface area contributed by atoms with Crippen LogP contribution in [0, 0.1) is 0 Å². The van der Waals surface area contributed by atoms with Gasteiger partial charge in [0.05, 0.1) is 6.04 Å². The first-order valence-electron chi connectivity index (χ1n) is 4.47. The van der Waals surface area contributed by atoms with Gasteiger partial charge in [-0.15, -0.1) is 0 Å². The van der Waals surface area contributed by atoms with E-state index in [1.807, 2.05) is 20.8 Å². The highest BCUT2D eigenvalue weighted by Gasteiger charge is 2.33. The van der Waals surface area contributed by atoms with E-state index in [1.54, 1.807) is 0 Å². The number of ether oxygens (including phenoxy) is 1. The Morgan fingerprint density at radius 3 is 2.50 bits per heavy atom. The standard InChI is InChI=1S/C9H14N2O3/c1-9(2,3)14-8(13)11-4-7(5-11)10-6-12/h7H,4-5H2,1-3H3. The molecule has 0 saturated carbocycles. The fraction of sp³-hybridized carbons (Fsp3) is 0.778. The minimum Gasteiger partial charge on any atom is -0.444 e. The van der Waals surface area contributed by atoms with Crippen molar-refractivity contribution >= 4 is 12.2 Å². The Balaban J connectivity index is 2.33. The minimum absolute atomic E-state index is 0.0972. The van der Waals surface area contributed by atoms with E-state index in [4.69, 9.17) is 4.74 Å². The second-order valence-corrected chi connectivity index (χ2v) is 4.26. The number of aliphatic imine (C=N–C) groups is 1. The molecule has 0 aliphatic carbocycles. The van der Waals surface area contributed by atoms with E-state index in [2.05, 4.69) is 4.99 Å². The second-order valence-electron chi connectivity index (χ2n) is 4.26. The van der Waals surface area contributed by atoms with Crippen molar-refractivity contribution in [1.29, 1.82) is 0 Å². The van der Waals surface area contributed by atoms with Crippen LogP contribution in [0.25, 0.3) is 0 Å². The highest BCUT2D eigenvalue weighted by molar-refractivity contribution is 5.69. The third-order valence-corrected chi connectivity index (χ3v) is 1.75. The molecule has 1 rings (SSSR count). The van der Waals surface area contributed by atoms with Crippen molar-refractivity contribution in [1.82, 2.24) is 4.90 Å². The molecule has 0 aromatic rings. The Morgan fingerprint density at radius 1 is 1.50 bits per heavy atom. The number of carbonyl (C=O) groups excluding carboxylic acids is 2. The Bertz CT molecular complexity index is 270. The van der Waals surface area contributed by atoms with Crippen molar-refractivity contribution in [3.05, 3.63) is 0 Å². The molecule has 0 radical (unpaired) electrons. The van der Waals surface area contributed by atoms with Crippen LogP contribution in [0.5, 0.6) is 0 Å². The lowest BCUT2D eigenvalue weighted by Crippen LogP contribution is -2.54. The number of hydrogen-bond donors (Lipinski definition) is 0. The summed E-state index contributed by atoms with van der Waals surface area (Å²) in [7, 11) is 0. The van der Waals surface area contributed by atoms with Gasteiger partial charge in [-0.2, -0.15) is 4.99 Å². The van der Waals surface area contributed by atoms with Crippen LogP contribution < -0.4 is 0 Å². The summed E-state index contributed by atoms with van der Waals surface area (Å²) in [5.41, 5.74) is -0.476. The van der Waals surface area contributed by atoms with Gasteiger partial charge in [0.25, 0.3) is 0 Å². The molecule has 0 atom stereocenters. The zero-order valence-corrected chi connectivity index (χ0v) is 8.61. The molecule has 5 nitrogen and oxygen atoms in total. The molecule has 0 aromatic carbocycles. The summed E-state index contributed by atoms with van der Waals surface area (Å²) in [6.45, 7) is 6.33. The van der Waals surface area contributed by atoms with Crippen LogP contribution in [0.2, 0.25) is 0 Å². The SMILES string of the molecule is CC(C)(C)OC(=O)N1CC(N=C=O)C1. The summed E-state index contributed by atoms with van der Waals surface area (Å²) in [5.74, 6) is 0. The van der Waals surface area contributed by atoms with E-state index in [0.717, 1.165) is 0 Å². The fourth-order valence-corrected chi connectivity index (χ4v) is 1.09. The molecule has 1 aliphatic rings. The Morgan fingerprint density at radius 2 is 2.07 bits per heavy atom. The van der Waals surface area contributed by atoms with Crippen molar-refractivity contribution in [2.45, 2.75) is 32.4 Å². The van der Waals surface area contributed by atoms with E-state index in [0.29, 0.717) is 13.1 Å². The first-order chi connectivity index (χ1) is 6.42. The van der Waals surface area contributed by atoms with Crippen molar-refractivity contribution < 1.29 is 14.3 Å². The number of nitrogens with zero attached hydrogens (tertiary/aromatic N) is 2. The smallest absolute Gasteiger partial charge is 0.410 e. The van der Waals surface area contributed by atoms with Crippen LogP contribution >= 0.6 is 0 Å². The second kappa shape index (κ2) is 3.80. The Kier molecular flexibility index (Phi) is 2.91. The van der Waals surface area contributed by atoms with Crippen LogP contribution in [-0.4, -0.2) is 41.8 Å². The zero-order chi connectivity index (χ0) is 10.8. The molecule has 1 aliphatic heterocycles. The average Bonchev–Trinajstić information content (AvgIpc) is 1.91. The Labute approximate surface area is 82.7 Å². The van der Waals surface area contributed by atoms with E-state index in [9.17, 15) is 9.59 Å². The van der Waals surface area contributed by atoms with Gasteiger partial charge in [0.1, 0.15) is 5.60 Å². The quantitative estimate of drug-likeness (QED) is 0.465. The molecule has 0 bridgehead atoms. The van der Waals surface area contributed by atoms with Crippen molar-refractivity contribution in [3.63, 3.8) is 0 Å². The number of carbonyl (C=O) groups is 1. The first kappa shape index (κ1) is 10.7. The number of amides is 1. The van der Waals surface area contributed by atoms with Crippen molar-refractivity contribution in [2.75, 3.05) is 13.1 Å². The predicted molar refractivity (Wildman–Crippen MR) is 49.7 cm³/mol. The summed E-state index contributed by atoms with van der Waals surface area (Å²) in [5, 5.41) is 0. The van der Waals surface area contributed by atoms with Crippen LogP contribution in [0.1, 0.15) is 20.8 Å². The van der Waals surface area contributed by atoms with Crippen LogP contribution in [-0.2, 0) is 9.53 Å². The number of isocyanates is 1. The highest BCUT2D eigenvalue weighted by atomic mass is 16.6. The summed E-state index contributed by atoms with van der Waals surface area (Å²) >= 11 is 0. The summed E-state index contributed by atoms with van der Waals surface area (Å²) in [6.07, 6.45) is 1.12. The summed E-state index contributed by atoms with van der Waals surface area (Å²) in [6, 6.07) is -0.0972. The molecule has 0 unspecified atom stereocenters. The van der Waals surface area contributed by atoms with Crippen LogP contribution in [0.4, 0.5) is 4.79 Å². The normalized spacial score (nSPS) is 16.9. The van der Waals surface area contributed by atoms with Gasteiger partial charge in [-0.05, 0) is 20.8 Å². The molecule has 0 aromatic heterocycles. The lowest BCUT2D eigenvalue weighted by molar-refractivity contribution is 0.00905. The largest absolute Gasteiger partial charge is 0.444 e. The molecule has 1 fully saturated rings. The lowest BCUT2D eigenvalue weighted by atomic mass is 10.1.